The zero-order valence-corrected chi connectivity index (χ0v) is 13.7. The molecule has 2 rings (SSSR count). The Morgan fingerprint density at radius 1 is 1.22 bits per heavy atom. The van der Waals surface area contributed by atoms with Crippen LogP contribution in [0.15, 0.2) is 34.9 Å². The molecule has 0 aliphatic rings. The van der Waals surface area contributed by atoms with Gasteiger partial charge >= 0.3 is 0 Å². The maximum absolute atomic E-state index is 3.62. The summed E-state index contributed by atoms with van der Waals surface area (Å²) in [6.07, 6.45) is 0.918. The number of aryl methyl sites for hydroxylation is 1. The third kappa shape index (κ3) is 3.27. The Morgan fingerprint density at radius 2 is 1.94 bits per heavy atom. The van der Waals surface area contributed by atoms with Crippen LogP contribution in [0.2, 0.25) is 19.6 Å². The molecule has 0 saturated carbocycles. The molecular formula is C15H18BrNSi. The first-order valence-electron chi connectivity index (χ1n) is 6.21. The quantitative estimate of drug-likeness (QED) is 0.559. The van der Waals surface area contributed by atoms with E-state index in [2.05, 4.69) is 81.9 Å². The van der Waals surface area contributed by atoms with E-state index in [1.165, 1.54) is 10.9 Å². The first-order valence-corrected chi connectivity index (χ1v) is 10.5. The maximum atomic E-state index is 3.62. The fourth-order valence-electron chi connectivity index (χ4n) is 1.90. The van der Waals surface area contributed by atoms with Crippen molar-refractivity contribution >= 4 is 34.9 Å². The van der Waals surface area contributed by atoms with Crippen LogP contribution in [0, 0.1) is 11.5 Å². The van der Waals surface area contributed by atoms with Crippen LogP contribution in [0.25, 0.3) is 10.9 Å². The van der Waals surface area contributed by atoms with Crippen molar-refractivity contribution in [1.29, 1.82) is 0 Å². The van der Waals surface area contributed by atoms with Gasteiger partial charge in [0, 0.05) is 23.9 Å². The average molecular weight is 320 g/mol. The standard InChI is InChI=1S/C15H18BrNSi/c1-18(2,3)11-7-6-10-17-14-9-5-4-8-13(14)12-15(17)16/h4-5,8-9,12H,6,10H2,1-3H3. The summed E-state index contributed by atoms with van der Waals surface area (Å²) < 4.78 is 3.42. The molecule has 0 aliphatic carbocycles. The number of fused-ring (bicyclic) bond motifs is 1. The van der Waals surface area contributed by atoms with E-state index in [0.29, 0.717) is 0 Å². The van der Waals surface area contributed by atoms with Gasteiger partial charge in [-0.2, -0.15) is 0 Å². The number of hydrogen-bond donors (Lipinski definition) is 0. The SMILES string of the molecule is C[Si](C)(C)C#CCCn1c(Br)cc2ccccc21. The third-order valence-corrected chi connectivity index (χ3v) is 4.27. The molecule has 0 atom stereocenters. The summed E-state index contributed by atoms with van der Waals surface area (Å²) in [5, 5.41) is 1.28. The van der Waals surface area contributed by atoms with E-state index in [0.717, 1.165) is 17.6 Å². The van der Waals surface area contributed by atoms with Crippen LogP contribution in [-0.2, 0) is 6.54 Å². The number of hydrogen-bond acceptors (Lipinski definition) is 0. The second-order valence-corrected chi connectivity index (χ2v) is 11.0. The predicted octanol–water partition coefficient (Wildman–Crippen LogP) is 4.67. The minimum atomic E-state index is -1.23. The van der Waals surface area contributed by atoms with Gasteiger partial charge in [0.15, 0.2) is 0 Å². The number of para-hydroxylation sites is 1. The van der Waals surface area contributed by atoms with Crippen molar-refractivity contribution in [3.8, 4) is 11.5 Å². The zero-order valence-electron chi connectivity index (χ0n) is 11.1. The normalized spacial score (nSPS) is 11.3. The van der Waals surface area contributed by atoms with E-state index >= 15 is 0 Å². The Bertz CT molecular complexity index is 611. The van der Waals surface area contributed by atoms with Gasteiger partial charge in [-0.25, -0.2) is 0 Å². The Hall–Kier alpha value is -0.983. The Morgan fingerprint density at radius 3 is 2.67 bits per heavy atom. The summed E-state index contributed by atoms with van der Waals surface area (Å²) in [5.74, 6) is 3.33. The average Bonchev–Trinajstić information content (AvgIpc) is 2.59. The topological polar surface area (TPSA) is 4.93 Å². The lowest BCUT2D eigenvalue weighted by atomic mass is 10.2. The molecule has 0 fully saturated rings. The zero-order chi connectivity index (χ0) is 13.2. The van der Waals surface area contributed by atoms with Crippen LogP contribution in [0.3, 0.4) is 0 Å². The highest BCUT2D eigenvalue weighted by molar-refractivity contribution is 9.10. The van der Waals surface area contributed by atoms with Crippen molar-refractivity contribution in [2.24, 2.45) is 0 Å². The van der Waals surface area contributed by atoms with Crippen LogP contribution in [0.5, 0.6) is 0 Å². The second-order valence-electron chi connectivity index (χ2n) is 5.48. The molecular weight excluding hydrogens is 302 g/mol. The molecule has 0 bridgehead atoms. The molecule has 1 nitrogen and oxygen atoms in total. The summed E-state index contributed by atoms with van der Waals surface area (Å²) in [7, 11) is -1.23. The summed E-state index contributed by atoms with van der Waals surface area (Å²) in [4.78, 5) is 0. The van der Waals surface area contributed by atoms with Crippen LogP contribution in [0.4, 0.5) is 0 Å². The van der Waals surface area contributed by atoms with Crippen molar-refractivity contribution in [3.63, 3.8) is 0 Å². The van der Waals surface area contributed by atoms with Crippen molar-refractivity contribution in [1.82, 2.24) is 4.57 Å². The molecule has 18 heavy (non-hydrogen) atoms. The monoisotopic (exact) mass is 319 g/mol. The minimum Gasteiger partial charge on any atom is -0.334 e. The minimum absolute atomic E-state index is 0.918. The van der Waals surface area contributed by atoms with Gasteiger partial charge in [0.25, 0.3) is 0 Å². The molecule has 0 radical (unpaired) electrons. The number of rotatable bonds is 2. The van der Waals surface area contributed by atoms with E-state index in [4.69, 9.17) is 0 Å². The largest absolute Gasteiger partial charge is 0.334 e. The van der Waals surface area contributed by atoms with Crippen LogP contribution < -0.4 is 0 Å². The second kappa shape index (κ2) is 5.34. The first kappa shape index (κ1) is 13.4. The molecule has 3 heteroatoms. The summed E-state index contributed by atoms with van der Waals surface area (Å²) in [5.41, 5.74) is 4.69. The van der Waals surface area contributed by atoms with Crippen molar-refractivity contribution in [2.45, 2.75) is 32.6 Å². The highest BCUT2D eigenvalue weighted by atomic mass is 79.9. The van der Waals surface area contributed by atoms with Gasteiger partial charge in [-0.15, -0.1) is 11.5 Å². The molecule has 94 valence electrons. The van der Waals surface area contributed by atoms with Crippen LogP contribution in [-0.4, -0.2) is 12.6 Å². The summed E-state index contributed by atoms with van der Waals surface area (Å²) >= 11 is 3.62. The molecule has 0 aliphatic heterocycles. The van der Waals surface area contributed by atoms with Gasteiger partial charge in [0.2, 0.25) is 0 Å². The van der Waals surface area contributed by atoms with Gasteiger partial charge < -0.3 is 4.57 Å². The van der Waals surface area contributed by atoms with Crippen molar-refractivity contribution < 1.29 is 0 Å². The molecule has 2 aromatic rings. The summed E-state index contributed by atoms with van der Waals surface area (Å²) in [6, 6.07) is 10.6. The van der Waals surface area contributed by atoms with Gasteiger partial charge in [0.1, 0.15) is 8.07 Å². The van der Waals surface area contributed by atoms with E-state index in [1.807, 2.05) is 0 Å². The van der Waals surface area contributed by atoms with E-state index < -0.39 is 8.07 Å². The lowest BCUT2D eigenvalue weighted by Gasteiger charge is -2.06. The van der Waals surface area contributed by atoms with Gasteiger partial charge in [-0.3, -0.25) is 0 Å². The van der Waals surface area contributed by atoms with Crippen molar-refractivity contribution in [3.05, 3.63) is 34.9 Å². The van der Waals surface area contributed by atoms with Crippen molar-refractivity contribution in [2.75, 3.05) is 0 Å². The molecule has 0 saturated heterocycles. The first-order chi connectivity index (χ1) is 8.47. The van der Waals surface area contributed by atoms with E-state index in [1.54, 1.807) is 0 Å². The number of halogens is 1. The number of aromatic nitrogens is 1. The van der Waals surface area contributed by atoms with Gasteiger partial charge in [-0.1, -0.05) is 37.8 Å². The smallest absolute Gasteiger partial charge is 0.129 e. The molecule has 1 aromatic heterocycles. The fraction of sp³-hybridized carbons (Fsp3) is 0.333. The van der Waals surface area contributed by atoms with Crippen LogP contribution in [0.1, 0.15) is 6.42 Å². The Labute approximate surface area is 118 Å². The molecule has 0 amide bonds. The van der Waals surface area contributed by atoms with Gasteiger partial charge in [-0.05, 0) is 28.1 Å². The van der Waals surface area contributed by atoms with Crippen LogP contribution >= 0.6 is 15.9 Å². The molecule has 0 spiro atoms. The highest BCUT2D eigenvalue weighted by Crippen LogP contribution is 2.23. The molecule has 1 aromatic carbocycles. The fourth-order valence-corrected chi connectivity index (χ4v) is 3.17. The number of nitrogens with zero attached hydrogens (tertiary/aromatic N) is 1. The van der Waals surface area contributed by atoms with E-state index in [9.17, 15) is 0 Å². The molecule has 1 heterocycles. The Kier molecular flexibility index (Phi) is 3.99. The highest BCUT2D eigenvalue weighted by Gasteiger charge is 2.07. The lowest BCUT2D eigenvalue weighted by Crippen LogP contribution is -2.16. The molecule has 0 unspecified atom stereocenters. The predicted molar refractivity (Wildman–Crippen MR) is 85.4 cm³/mol. The number of benzene rings is 1. The maximum Gasteiger partial charge on any atom is 0.129 e. The van der Waals surface area contributed by atoms with Gasteiger partial charge in [0.05, 0.1) is 4.60 Å². The van der Waals surface area contributed by atoms with E-state index in [-0.39, 0.29) is 0 Å². The molecule has 0 N–H and O–H groups in total. The Balaban J connectivity index is 2.17. The lowest BCUT2D eigenvalue weighted by molar-refractivity contribution is 0.734. The summed E-state index contributed by atoms with van der Waals surface area (Å²) in [6.45, 7) is 7.79. The third-order valence-electron chi connectivity index (χ3n) is 2.68.